The summed E-state index contributed by atoms with van der Waals surface area (Å²) in [6, 6.07) is 17.4. The molecule has 0 unspecified atom stereocenters. The molecule has 0 fully saturated rings. The number of carbonyl (C=O) groups is 1. The molecule has 0 saturated heterocycles. The van der Waals surface area contributed by atoms with Gasteiger partial charge in [-0.05, 0) is 67.5 Å². The van der Waals surface area contributed by atoms with E-state index in [1.165, 1.54) is 53.8 Å². The number of esters is 1. The molecule has 31 heavy (non-hydrogen) atoms. The van der Waals surface area contributed by atoms with Crippen LogP contribution >= 0.6 is 11.3 Å². The minimum absolute atomic E-state index is 0.195. The molecule has 3 nitrogen and oxygen atoms in total. The molecule has 0 atom stereocenters. The maximum Gasteiger partial charge on any atom is 0.348 e. The van der Waals surface area contributed by atoms with Crippen LogP contribution in [0.25, 0.3) is 11.3 Å². The zero-order valence-corrected chi connectivity index (χ0v) is 19.8. The van der Waals surface area contributed by atoms with Gasteiger partial charge in [-0.2, -0.15) is 0 Å². The van der Waals surface area contributed by atoms with E-state index in [9.17, 15) is 4.79 Å². The van der Waals surface area contributed by atoms with Crippen LogP contribution in [-0.2, 0) is 24.1 Å². The van der Waals surface area contributed by atoms with Crippen molar-refractivity contribution in [1.29, 1.82) is 0 Å². The topological polar surface area (TPSA) is 31.2 Å². The molecule has 0 aliphatic carbocycles. The Hall–Kier alpha value is -2.33. The van der Waals surface area contributed by atoms with E-state index in [1.807, 2.05) is 13.0 Å². The van der Waals surface area contributed by atoms with E-state index in [-0.39, 0.29) is 5.97 Å². The van der Waals surface area contributed by atoms with Gasteiger partial charge in [-0.1, -0.05) is 57.4 Å². The zero-order valence-electron chi connectivity index (χ0n) is 18.9. The molecule has 3 rings (SSSR count). The molecule has 0 aliphatic rings. The highest BCUT2D eigenvalue weighted by atomic mass is 32.1. The molecule has 166 valence electrons. The van der Waals surface area contributed by atoms with Crippen LogP contribution in [0.2, 0.25) is 0 Å². The van der Waals surface area contributed by atoms with Gasteiger partial charge < -0.3 is 9.30 Å². The first-order valence-electron chi connectivity index (χ1n) is 11.7. The smallest absolute Gasteiger partial charge is 0.348 e. The Morgan fingerprint density at radius 1 is 0.903 bits per heavy atom. The van der Waals surface area contributed by atoms with E-state index >= 15 is 0 Å². The van der Waals surface area contributed by atoms with E-state index in [0.29, 0.717) is 11.5 Å². The number of aromatic nitrogens is 1. The monoisotopic (exact) mass is 437 g/mol. The maximum absolute atomic E-state index is 12.0. The summed E-state index contributed by atoms with van der Waals surface area (Å²) in [5, 5.41) is 0. The fourth-order valence-corrected chi connectivity index (χ4v) is 4.72. The third-order valence-electron chi connectivity index (χ3n) is 5.52. The Morgan fingerprint density at radius 3 is 2.52 bits per heavy atom. The van der Waals surface area contributed by atoms with Crippen molar-refractivity contribution in [1.82, 2.24) is 4.57 Å². The van der Waals surface area contributed by atoms with Gasteiger partial charge in [0.05, 0.1) is 6.61 Å². The predicted octanol–water partition coefficient (Wildman–Crippen LogP) is 7.54. The Labute approximate surface area is 191 Å². The van der Waals surface area contributed by atoms with Gasteiger partial charge in [0, 0.05) is 23.3 Å². The van der Waals surface area contributed by atoms with Gasteiger partial charge in [0.15, 0.2) is 0 Å². The molecule has 4 heteroatoms. The summed E-state index contributed by atoms with van der Waals surface area (Å²) >= 11 is 1.56. The van der Waals surface area contributed by atoms with E-state index in [4.69, 9.17) is 4.74 Å². The third-order valence-corrected chi connectivity index (χ3v) is 6.65. The summed E-state index contributed by atoms with van der Waals surface area (Å²) in [5.74, 6) is -0.195. The van der Waals surface area contributed by atoms with Crippen molar-refractivity contribution >= 4 is 17.3 Å². The van der Waals surface area contributed by atoms with E-state index in [2.05, 4.69) is 60.2 Å². The molecule has 0 radical (unpaired) electrons. The normalized spacial score (nSPS) is 11.0. The number of rotatable bonds is 13. The van der Waals surface area contributed by atoms with Crippen LogP contribution in [0, 0.1) is 0 Å². The Bertz CT molecular complexity index is 923. The van der Waals surface area contributed by atoms with Crippen molar-refractivity contribution in [3.63, 3.8) is 0 Å². The lowest BCUT2D eigenvalue weighted by Crippen LogP contribution is -2.03. The summed E-state index contributed by atoms with van der Waals surface area (Å²) in [4.78, 5) is 13.9. The maximum atomic E-state index is 12.0. The Kier molecular flexibility index (Phi) is 9.41. The highest BCUT2D eigenvalue weighted by molar-refractivity contribution is 7.13. The second-order valence-electron chi connectivity index (χ2n) is 8.10. The van der Waals surface area contributed by atoms with Gasteiger partial charge in [0.2, 0.25) is 0 Å². The van der Waals surface area contributed by atoms with Gasteiger partial charge in [-0.3, -0.25) is 0 Å². The molecule has 0 bridgehead atoms. The Balaban J connectivity index is 1.51. The molecule has 2 heterocycles. The second-order valence-corrected chi connectivity index (χ2v) is 9.27. The molecular formula is C27H35NO2S. The van der Waals surface area contributed by atoms with Crippen molar-refractivity contribution in [3.8, 4) is 11.3 Å². The standard InChI is InChI=1S/C27H35NO2S/c1-3-5-6-7-10-22-13-15-23(16-14-22)25-12-9-20-28(25)19-8-11-24-17-18-26(31-24)27(29)30-21-4-2/h9,12-18,20H,3-8,10-11,19,21H2,1-2H3. The van der Waals surface area contributed by atoms with Crippen LogP contribution in [0.15, 0.2) is 54.7 Å². The molecule has 3 aromatic rings. The number of benzene rings is 1. The van der Waals surface area contributed by atoms with Crippen LogP contribution in [-0.4, -0.2) is 17.1 Å². The average molecular weight is 438 g/mol. The van der Waals surface area contributed by atoms with Crippen molar-refractivity contribution in [2.45, 2.75) is 71.8 Å². The molecule has 0 spiro atoms. The number of aryl methyl sites for hydroxylation is 3. The first-order valence-corrected chi connectivity index (χ1v) is 12.5. The fourth-order valence-electron chi connectivity index (χ4n) is 3.78. The van der Waals surface area contributed by atoms with Crippen molar-refractivity contribution in [2.24, 2.45) is 0 Å². The SMILES string of the molecule is CCCCCCc1ccc(-c2cccn2CCCc2ccc(C(=O)OCCC)s2)cc1. The molecule has 0 aliphatic heterocycles. The lowest BCUT2D eigenvalue weighted by atomic mass is 10.0. The summed E-state index contributed by atoms with van der Waals surface area (Å²) in [7, 11) is 0. The molecule has 0 N–H and O–H groups in total. The fraction of sp³-hybridized carbons (Fsp3) is 0.444. The molecular weight excluding hydrogens is 402 g/mol. The first-order chi connectivity index (χ1) is 15.2. The highest BCUT2D eigenvalue weighted by Gasteiger charge is 2.10. The van der Waals surface area contributed by atoms with Gasteiger partial charge in [-0.25, -0.2) is 4.79 Å². The molecule has 1 aromatic carbocycles. The average Bonchev–Trinajstić information content (AvgIpc) is 3.45. The first kappa shape index (κ1) is 23.3. The largest absolute Gasteiger partial charge is 0.462 e. The lowest BCUT2D eigenvalue weighted by molar-refractivity contribution is 0.0511. The number of ether oxygens (including phenoxy) is 1. The number of hydrogen-bond donors (Lipinski definition) is 0. The molecule has 2 aromatic heterocycles. The highest BCUT2D eigenvalue weighted by Crippen LogP contribution is 2.23. The number of thiophene rings is 1. The van der Waals surface area contributed by atoms with Crippen LogP contribution in [0.3, 0.4) is 0 Å². The van der Waals surface area contributed by atoms with Gasteiger partial charge in [0.25, 0.3) is 0 Å². The number of unbranched alkanes of at least 4 members (excludes halogenated alkanes) is 3. The molecule has 0 amide bonds. The minimum atomic E-state index is -0.195. The lowest BCUT2D eigenvalue weighted by Gasteiger charge is -2.10. The number of nitrogens with zero attached hydrogens (tertiary/aromatic N) is 1. The van der Waals surface area contributed by atoms with Gasteiger partial charge in [-0.15, -0.1) is 11.3 Å². The quantitative estimate of drug-likeness (QED) is 0.204. The minimum Gasteiger partial charge on any atom is -0.462 e. The van der Waals surface area contributed by atoms with E-state index in [1.54, 1.807) is 11.3 Å². The van der Waals surface area contributed by atoms with Crippen LogP contribution < -0.4 is 0 Å². The van der Waals surface area contributed by atoms with Gasteiger partial charge >= 0.3 is 5.97 Å². The van der Waals surface area contributed by atoms with Crippen LogP contribution in [0.4, 0.5) is 0 Å². The summed E-state index contributed by atoms with van der Waals surface area (Å²) in [6.45, 7) is 5.72. The number of hydrogen-bond acceptors (Lipinski definition) is 3. The number of carbonyl (C=O) groups excluding carboxylic acids is 1. The zero-order chi connectivity index (χ0) is 21.9. The van der Waals surface area contributed by atoms with Crippen molar-refractivity contribution in [3.05, 3.63) is 70.0 Å². The summed E-state index contributed by atoms with van der Waals surface area (Å²) in [6.07, 6.45) is 11.4. The second kappa shape index (κ2) is 12.5. The Morgan fingerprint density at radius 2 is 1.74 bits per heavy atom. The summed E-state index contributed by atoms with van der Waals surface area (Å²) in [5.41, 5.74) is 3.98. The van der Waals surface area contributed by atoms with Crippen molar-refractivity contribution < 1.29 is 9.53 Å². The van der Waals surface area contributed by atoms with E-state index in [0.717, 1.165) is 25.8 Å². The molecule has 0 saturated carbocycles. The predicted molar refractivity (Wildman–Crippen MR) is 131 cm³/mol. The van der Waals surface area contributed by atoms with Crippen LogP contribution in [0.1, 0.15) is 72.5 Å². The summed E-state index contributed by atoms with van der Waals surface area (Å²) < 4.78 is 7.56. The third kappa shape index (κ3) is 7.10. The van der Waals surface area contributed by atoms with E-state index < -0.39 is 0 Å². The van der Waals surface area contributed by atoms with Crippen molar-refractivity contribution in [2.75, 3.05) is 6.61 Å². The van der Waals surface area contributed by atoms with Gasteiger partial charge in [0.1, 0.15) is 4.88 Å². The van der Waals surface area contributed by atoms with Crippen LogP contribution in [0.5, 0.6) is 0 Å².